The summed E-state index contributed by atoms with van der Waals surface area (Å²) in [5.74, 6) is 3.19. The van der Waals surface area contributed by atoms with E-state index in [1.54, 1.807) is 6.20 Å². The molecule has 0 amide bonds. The third kappa shape index (κ3) is 2.05. The van der Waals surface area contributed by atoms with Gasteiger partial charge < -0.3 is 9.32 Å². The molecule has 0 radical (unpaired) electrons. The number of aromatic nitrogens is 3. The second-order valence-electron chi connectivity index (χ2n) is 5.78. The van der Waals surface area contributed by atoms with E-state index in [4.69, 9.17) is 9.40 Å². The molecule has 5 heteroatoms. The van der Waals surface area contributed by atoms with E-state index in [1.165, 1.54) is 0 Å². The Morgan fingerprint density at radius 2 is 2.19 bits per heavy atom. The highest BCUT2D eigenvalue weighted by atomic mass is 16.4. The van der Waals surface area contributed by atoms with Gasteiger partial charge in [-0.2, -0.15) is 0 Å². The number of imidazole rings is 1. The molecule has 1 saturated heterocycles. The number of nitrogens with zero attached hydrogens (tertiary/aromatic N) is 4. The first-order valence-electron chi connectivity index (χ1n) is 7.31. The predicted octanol–water partition coefficient (Wildman–Crippen LogP) is 2.74. The van der Waals surface area contributed by atoms with Gasteiger partial charge in [-0.1, -0.05) is 0 Å². The van der Waals surface area contributed by atoms with Crippen LogP contribution in [0.1, 0.15) is 23.9 Å². The fraction of sp³-hybridized carbons (Fsp3) is 0.375. The van der Waals surface area contributed by atoms with Gasteiger partial charge in [0, 0.05) is 24.7 Å². The number of aryl methyl sites for hydroxylation is 1. The van der Waals surface area contributed by atoms with Gasteiger partial charge in [-0.05, 0) is 45.1 Å². The van der Waals surface area contributed by atoms with Gasteiger partial charge in [0.15, 0.2) is 5.65 Å². The molecule has 21 heavy (non-hydrogen) atoms. The van der Waals surface area contributed by atoms with Crippen molar-refractivity contribution in [3.05, 3.63) is 42.0 Å². The Balaban J connectivity index is 1.93. The fourth-order valence-corrected chi connectivity index (χ4v) is 3.11. The predicted molar refractivity (Wildman–Crippen MR) is 80.7 cm³/mol. The molecule has 0 bridgehead atoms. The molecule has 0 spiro atoms. The van der Waals surface area contributed by atoms with E-state index in [-0.39, 0.29) is 0 Å². The Kier molecular flexibility index (Phi) is 2.82. The largest absolute Gasteiger partial charge is 0.445 e. The van der Waals surface area contributed by atoms with Crippen LogP contribution < -0.4 is 0 Å². The normalized spacial score (nSPS) is 19.6. The Hall–Kier alpha value is -2.14. The van der Waals surface area contributed by atoms with Crippen molar-refractivity contribution in [3.63, 3.8) is 0 Å². The number of likely N-dealkylation sites (N-methyl/N-ethyl adjacent to an activating group) is 1. The summed E-state index contributed by atoms with van der Waals surface area (Å²) < 4.78 is 7.91. The van der Waals surface area contributed by atoms with Crippen LogP contribution in [0.2, 0.25) is 0 Å². The van der Waals surface area contributed by atoms with Crippen molar-refractivity contribution in [1.82, 2.24) is 19.4 Å². The van der Waals surface area contributed by atoms with Crippen LogP contribution >= 0.6 is 0 Å². The molecule has 0 N–H and O–H groups in total. The van der Waals surface area contributed by atoms with Gasteiger partial charge in [-0.3, -0.25) is 0 Å². The zero-order valence-electron chi connectivity index (χ0n) is 12.3. The number of likely N-dealkylation sites (tertiary alicyclic amines) is 1. The average Bonchev–Trinajstić information content (AvgIpc) is 3.16. The Bertz CT molecular complexity index is 789. The van der Waals surface area contributed by atoms with E-state index in [9.17, 15) is 0 Å². The number of hydrogen-bond acceptors (Lipinski definition) is 4. The minimum absolute atomic E-state index is 0.426. The van der Waals surface area contributed by atoms with E-state index in [0.29, 0.717) is 5.92 Å². The number of pyridine rings is 1. The Labute approximate surface area is 123 Å². The summed E-state index contributed by atoms with van der Waals surface area (Å²) in [5, 5.41) is 0. The molecule has 1 fully saturated rings. The lowest BCUT2D eigenvalue weighted by Crippen LogP contribution is -2.15. The maximum absolute atomic E-state index is 5.83. The summed E-state index contributed by atoms with van der Waals surface area (Å²) in [7, 11) is 2.16. The smallest absolute Gasteiger partial charge is 0.206 e. The van der Waals surface area contributed by atoms with Crippen molar-refractivity contribution in [3.8, 4) is 5.88 Å². The Morgan fingerprint density at radius 1 is 1.29 bits per heavy atom. The molecular weight excluding hydrogens is 264 g/mol. The monoisotopic (exact) mass is 282 g/mol. The van der Waals surface area contributed by atoms with Crippen LogP contribution in [0.25, 0.3) is 17.0 Å². The molecule has 0 aromatic carbocycles. The molecule has 4 rings (SSSR count). The molecule has 1 atom stereocenters. The topological polar surface area (TPSA) is 47.1 Å². The first-order chi connectivity index (χ1) is 10.2. The maximum Gasteiger partial charge on any atom is 0.206 e. The second-order valence-corrected chi connectivity index (χ2v) is 5.78. The van der Waals surface area contributed by atoms with Gasteiger partial charge in [-0.25, -0.2) is 14.5 Å². The third-order valence-corrected chi connectivity index (χ3v) is 4.15. The minimum Gasteiger partial charge on any atom is -0.445 e. The van der Waals surface area contributed by atoms with E-state index in [1.807, 2.05) is 31.2 Å². The van der Waals surface area contributed by atoms with E-state index in [0.717, 1.165) is 48.1 Å². The molecule has 0 saturated carbocycles. The number of rotatable bonds is 2. The SMILES string of the molecule is Cc1ccc(-n2c(C3CCN(C)C3)nc3cccnc32)o1. The first-order valence-corrected chi connectivity index (χ1v) is 7.31. The highest BCUT2D eigenvalue weighted by Crippen LogP contribution is 2.31. The highest BCUT2D eigenvalue weighted by Gasteiger charge is 2.28. The second kappa shape index (κ2) is 4.70. The molecule has 3 aromatic heterocycles. The van der Waals surface area contributed by atoms with Crippen molar-refractivity contribution in [2.45, 2.75) is 19.3 Å². The van der Waals surface area contributed by atoms with E-state index < -0.39 is 0 Å². The summed E-state index contributed by atoms with van der Waals surface area (Å²) in [4.78, 5) is 11.7. The van der Waals surface area contributed by atoms with Crippen LogP contribution in [0, 0.1) is 6.92 Å². The van der Waals surface area contributed by atoms with Crippen molar-refractivity contribution in [2.24, 2.45) is 0 Å². The van der Waals surface area contributed by atoms with Crippen LogP contribution in [-0.2, 0) is 0 Å². The van der Waals surface area contributed by atoms with Crippen LogP contribution in [-0.4, -0.2) is 39.6 Å². The molecule has 1 aliphatic rings. The lowest BCUT2D eigenvalue weighted by molar-refractivity contribution is 0.408. The highest BCUT2D eigenvalue weighted by molar-refractivity contribution is 5.73. The Morgan fingerprint density at radius 3 is 2.90 bits per heavy atom. The molecule has 0 aliphatic carbocycles. The summed E-state index contributed by atoms with van der Waals surface area (Å²) in [5.41, 5.74) is 1.80. The van der Waals surface area contributed by atoms with Crippen LogP contribution in [0.4, 0.5) is 0 Å². The summed E-state index contributed by atoms with van der Waals surface area (Å²) in [6, 6.07) is 7.91. The van der Waals surface area contributed by atoms with Gasteiger partial charge in [-0.15, -0.1) is 0 Å². The van der Waals surface area contributed by atoms with Crippen LogP contribution in [0.5, 0.6) is 0 Å². The van der Waals surface area contributed by atoms with Crippen molar-refractivity contribution in [2.75, 3.05) is 20.1 Å². The van der Waals surface area contributed by atoms with Crippen molar-refractivity contribution in [1.29, 1.82) is 0 Å². The molecule has 1 aliphatic heterocycles. The van der Waals surface area contributed by atoms with Gasteiger partial charge >= 0.3 is 0 Å². The maximum atomic E-state index is 5.83. The molecule has 5 nitrogen and oxygen atoms in total. The van der Waals surface area contributed by atoms with Gasteiger partial charge in [0.2, 0.25) is 5.88 Å². The van der Waals surface area contributed by atoms with E-state index in [2.05, 4.69) is 21.5 Å². The van der Waals surface area contributed by atoms with E-state index >= 15 is 0 Å². The molecule has 4 heterocycles. The summed E-state index contributed by atoms with van der Waals surface area (Å²) in [6.45, 7) is 4.10. The third-order valence-electron chi connectivity index (χ3n) is 4.15. The quantitative estimate of drug-likeness (QED) is 0.725. The molecular formula is C16H18N4O. The van der Waals surface area contributed by atoms with Gasteiger partial charge in [0.25, 0.3) is 0 Å². The molecule has 1 unspecified atom stereocenters. The fourth-order valence-electron chi connectivity index (χ4n) is 3.11. The van der Waals surface area contributed by atoms with Gasteiger partial charge in [0.1, 0.15) is 17.1 Å². The molecule has 108 valence electrons. The zero-order chi connectivity index (χ0) is 14.4. The average molecular weight is 282 g/mol. The number of hydrogen-bond donors (Lipinski definition) is 0. The minimum atomic E-state index is 0.426. The van der Waals surface area contributed by atoms with Crippen LogP contribution in [0.15, 0.2) is 34.9 Å². The lowest BCUT2D eigenvalue weighted by atomic mass is 10.1. The first kappa shape index (κ1) is 12.6. The van der Waals surface area contributed by atoms with Gasteiger partial charge in [0.05, 0.1) is 0 Å². The van der Waals surface area contributed by atoms with Crippen molar-refractivity contribution >= 4 is 11.2 Å². The standard InChI is InChI=1S/C16H18N4O/c1-11-5-6-14(21-11)20-15(12-7-9-19(2)10-12)18-13-4-3-8-17-16(13)20/h3-6,8,12H,7,9-10H2,1-2H3. The summed E-state index contributed by atoms with van der Waals surface area (Å²) >= 11 is 0. The molecule has 3 aromatic rings. The van der Waals surface area contributed by atoms with Crippen molar-refractivity contribution < 1.29 is 4.42 Å². The lowest BCUT2D eigenvalue weighted by Gasteiger charge is -2.11. The summed E-state index contributed by atoms with van der Waals surface area (Å²) in [6.07, 6.45) is 2.93. The zero-order valence-corrected chi connectivity index (χ0v) is 12.3. The van der Waals surface area contributed by atoms with Crippen LogP contribution in [0.3, 0.4) is 0 Å². The number of furan rings is 1. The number of fused-ring (bicyclic) bond motifs is 1.